The number of piperazine rings is 1. The van der Waals surface area contributed by atoms with Crippen LogP contribution in [0.1, 0.15) is 20.3 Å². The summed E-state index contributed by atoms with van der Waals surface area (Å²) >= 11 is 0. The number of fused-ring (bicyclic) bond motifs is 2. The Hall–Kier alpha value is -1.29. The van der Waals surface area contributed by atoms with Gasteiger partial charge in [-0.25, -0.2) is 0 Å². The summed E-state index contributed by atoms with van der Waals surface area (Å²) in [7, 11) is 0. The van der Waals surface area contributed by atoms with E-state index in [1.807, 2.05) is 4.90 Å². The lowest BCUT2D eigenvalue weighted by Crippen LogP contribution is -2.71. The molecule has 3 rings (SSSR count). The van der Waals surface area contributed by atoms with Crippen LogP contribution in [0.5, 0.6) is 0 Å². The van der Waals surface area contributed by atoms with Gasteiger partial charge in [-0.15, -0.1) is 0 Å². The van der Waals surface area contributed by atoms with Gasteiger partial charge in [-0.1, -0.05) is 27.0 Å². The van der Waals surface area contributed by atoms with Gasteiger partial charge in [-0.05, 0) is 18.4 Å². The quantitative estimate of drug-likeness (QED) is 0.755. The molecular weight excluding hydrogens is 226 g/mol. The molecule has 18 heavy (non-hydrogen) atoms. The fourth-order valence-electron chi connectivity index (χ4n) is 3.42. The van der Waals surface area contributed by atoms with Gasteiger partial charge < -0.3 is 10.6 Å². The van der Waals surface area contributed by atoms with E-state index >= 15 is 0 Å². The molecule has 3 aliphatic rings. The van der Waals surface area contributed by atoms with E-state index in [2.05, 4.69) is 31.9 Å². The molecule has 0 aliphatic carbocycles. The average Bonchev–Trinajstić information content (AvgIpc) is 2.27. The van der Waals surface area contributed by atoms with E-state index in [-0.39, 0.29) is 11.9 Å². The molecule has 0 radical (unpaired) electrons. The molecule has 3 saturated heterocycles. The van der Waals surface area contributed by atoms with E-state index in [9.17, 15) is 4.79 Å². The van der Waals surface area contributed by atoms with E-state index in [1.54, 1.807) is 0 Å². The lowest BCUT2D eigenvalue weighted by molar-refractivity contribution is -0.150. The minimum atomic E-state index is 0.0589. The van der Waals surface area contributed by atoms with Crippen molar-refractivity contribution >= 4 is 5.91 Å². The second kappa shape index (κ2) is 4.76. The molecule has 3 heterocycles. The summed E-state index contributed by atoms with van der Waals surface area (Å²) in [6.07, 6.45) is 2.52. The SMILES string of the molecule is C=CC(=O)N1C2CC1CN(C(C(=C)N)C(C)C)C2. The van der Waals surface area contributed by atoms with Crippen molar-refractivity contribution in [2.24, 2.45) is 11.7 Å². The summed E-state index contributed by atoms with van der Waals surface area (Å²) in [5.74, 6) is 0.507. The molecule has 0 aromatic carbocycles. The number of hydrogen-bond donors (Lipinski definition) is 1. The maximum atomic E-state index is 11.7. The van der Waals surface area contributed by atoms with Crippen molar-refractivity contribution in [3.05, 3.63) is 24.9 Å². The highest BCUT2D eigenvalue weighted by Crippen LogP contribution is 2.34. The summed E-state index contributed by atoms with van der Waals surface area (Å²) in [4.78, 5) is 16.0. The van der Waals surface area contributed by atoms with E-state index < -0.39 is 0 Å². The van der Waals surface area contributed by atoms with Crippen LogP contribution < -0.4 is 5.73 Å². The zero-order valence-electron chi connectivity index (χ0n) is 11.3. The van der Waals surface area contributed by atoms with Gasteiger partial charge in [-0.3, -0.25) is 9.69 Å². The first kappa shape index (κ1) is 13.1. The van der Waals surface area contributed by atoms with E-state index in [0.29, 0.717) is 18.0 Å². The average molecular weight is 249 g/mol. The summed E-state index contributed by atoms with van der Waals surface area (Å²) in [5.41, 5.74) is 6.65. The maximum absolute atomic E-state index is 11.7. The van der Waals surface area contributed by atoms with Crippen LogP contribution in [-0.4, -0.2) is 46.9 Å². The minimum Gasteiger partial charge on any atom is -0.401 e. The molecule has 1 amide bonds. The lowest BCUT2D eigenvalue weighted by Gasteiger charge is -2.58. The fraction of sp³-hybridized carbons (Fsp3) is 0.643. The number of nitrogens with zero attached hydrogens (tertiary/aromatic N) is 2. The largest absolute Gasteiger partial charge is 0.401 e. The van der Waals surface area contributed by atoms with Gasteiger partial charge >= 0.3 is 0 Å². The molecule has 3 fully saturated rings. The van der Waals surface area contributed by atoms with Crippen LogP contribution in [0.3, 0.4) is 0 Å². The zero-order chi connectivity index (χ0) is 13.4. The Balaban J connectivity index is 2.04. The summed E-state index contributed by atoms with van der Waals surface area (Å²) in [5, 5.41) is 0. The Morgan fingerprint density at radius 1 is 1.39 bits per heavy atom. The first-order valence-corrected chi connectivity index (χ1v) is 6.58. The van der Waals surface area contributed by atoms with Gasteiger partial charge in [-0.2, -0.15) is 0 Å². The third kappa shape index (κ3) is 2.05. The molecule has 3 aliphatic heterocycles. The number of hydrogen-bond acceptors (Lipinski definition) is 3. The Morgan fingerprint density at radius 2 is 1.94 bits per heavy atom. The van der Waals surface area contributed by atoms with Crippen LogP contribution in [0.25, 0.3) is 0 Å². The van der Waals surface area contributed by atoms with Crippen molar-refractivity contribution in [1.82, 2.24) is 9.80 Å². The highest BCUT2D eigenvalue weighted by Gasteiger charge is 2.48. The van der Waals surface area contributed by atoms with Crippen LogP contribution in [0, 0.1) is 5.92 Å². The number of rotatable bonds is 4. The summed E-state index contributed by atoms with van der Waals surface area (Å²) in [6, 6.07) is 0.876. The minimum absolute atomic E-state index is 0.0589. The molecule has 0 aromatic rings. The van der Waals surface area contributed by atoms with Crippen molar-refractivity contribution in [3.63, 3.8) is 0 Å². The number of amides is 1. The van der Waals surface area contributed by atoms with Crippen molar-refractivity contribution < 1.29 is 4.79 Å². The molecule has 4 nitrogen and oxygen atoms in total. The molecule has 2 N–H and O–H groups in total. The molecule has 2 bridgehead atoms. The summed E-state index contributed by atoms with van der Waals surface area (Å²) in [6.45, 7) is 13.6. The molecular formula is C14H23N3O. The van der Waals surface area contributed by atoms with Crippen LogP contribution in [0.15, 0.2) is 24.9 Å². The van der Waals surface area contributed by atoms with Crippen molar-refractivity contribution in [2.75, 3.05) is 13.1 Å². The molecule has 3 unspecified atom stereocenters. The maximum Gasteiger partial charge on any atom is 0.246 e. The Bertz CT molecular complexity index is 365. The molecule has 0 saturated carbocycles. The molecule has 4 heteroatoms. The van der Waals surface area contributed by atoms with E-state index in [0.717, 1.165) is 25.2 Å². The number of piperidine rings is 1. The second-order valence-corrected chi connectivity index (χ2v) is 5.71. The smallest absolute Gasteiger partial charge is 0.246 e. The Kier molecular flexibility index (Phi) is 3.48. The van der Waals surface area contributed by atoms with E-state index in [4.69, 9.17) is 5.73 Å². The topological polar surface area (TPSA) is 49.6 Å². The van der Waals surface area contributed by atoms with Gasteiger partial charge in [0.25, 0.3) is 0 Å². The van der Waals surface area contributed by atoms with Gasteiger partial charge in [0, 0.05) is 30.9 Å². The standard InChI is InChI=1S/C14H23N3O/c1-5-13(18)17-11-6-12(17)8-16(7-11)14(9(2)3)10(4)15/h5,9,11-12,14H,1,4,6-8,15H2,2-3H3. The normalized spacial score (nSPS) is 28.7. The molecule has 100 valence electrons. The number of nitrogens with two attached hydrogens (primary N) is 1. The second-order valence-electron chi connectivity index (χ2n) is 5.71. The highest BCUT2D eigenvalue weighted by molar-refractivity contribution is 5.88. The Morgan fingerprint density at radius 3 is 2.33 bits per heavy atom. The van der Waals surface area contributed by atoms with E-state index in [1.165, 1.54) is 6.08 Å². The lowest BCUT2D eigenvalue weighted by atomic mass is 9.84. The van der Waals surface area contributed by atoms with Crippen LogP contribution in [0.4, 0.5) is 0 Å². The van der Waals surface area contributed by atoms with Crippen LogP contribution in [-0.2, 0) is 4.79 Å². The first-order valence-electron chi connectivity index (χ1n) is 6.58. The molecule has 0 spiro atoms. The fourth-order valence-corrected chi connectivity index (χ4v) is 3.42. The number of carbonyl (C=O) groups is 1. The number of carbonyl (C=O) groups excluding carboxylic acids is 1. The predicted molar refractivity (Wildman–Crippen MR) is 72.8 cm³/mol. The predicted octanol–water partition coefficient (Wildman–Crippen LogP) is 0.954. The van der Waals surface area contributed by atoms with Gasteiger partial charge in [0.15, 0.2) is 0 Å². The van der Waals surface area contributed by atoms with Crippen LogP contribution in [0.2, 0.25) is 0 Å². The summed E-state index contributed by atoms with van der Waals surface area (Å²) < 4.78 is 0. The third-order valence-corrected chi connectivity index (χ3v) is 4.06. The molecule has 3 atom stereocenters. The Labute approximate surface area is 109 Å². The van der Waals surface area contributed by atoms with Crippen molar-refractivity contribution in [1.29, 1.82) is 0 Å². The van der Waals surface area contributed by atoms with Gasteiger partial charge in [0.1, 0.15) is 0 Å². The van der Waals surface area contributed by atoms with Gasteiger partial charge in [0.2, 0.25) is 5.91 Å². The highest BCUT2D eigenvalue weighted by atomic mass is 16.2. The van der Waals surface area contributed by atoms with Gasteiger partial charge in [0.05, 0.1) is 6.04 Å². The van der Waals surface area contributed by atoms with Crippen molar-refractivity contribution in [2.45, 2.75) is 38.4 Å². The zero-order valence-corrected chi connectivity index (χ0v) is 11.3. The molecule has 0 aromatic heterocycles. The first-order chi connectivity index (χ1) is 8.45. The monoisotopic (exact) mass is 249 g/mol. The third-order valence-electron chi connectivity index (χ3n) is 4.06. The van der Waals surface area contributed by atoms with Crippen molar-refractivity contribution in [3.8, 4) is 0 Å². The van der Waals surface area contributed by atoms with Crippen LogP contribution >= 0.6 is 0 Å².